The second kappa shape index (κ2) is 10.2. The summed E-state index contributed by atoms with van der Waals surface area (Å²) >= 11 is 6.25. The predicted octanol–water partition coefficient (Wildman–Crippen LogP) is 2.83. The number of likely N-dealkylation sites (tertiary alicyclic amines) is 1. The average Bonchev–Trinajstić information content (AvgIpc) is 3.29. The van der Waals surface area contributed by atoms with Crippen LogP contribution in [0.3, 0.4) is 0 Å². The minimum Gasteiger partial charge on any atom is -0.507 e. The molecule has 1 atom stereocenters. The lowest BCUT2D eigenvalue weighted by Crippen LogP contribution is -2.42. The largest absolute Gasteiger partial charge is 0.507 e. The van der Waals surface area contributed by atoms with Crippen LogP contribution in [0.2, 0.25) is 5.02 Å². The number of benzene rings is 1. The number of ether oxygens (including phenoxy) is 2. The molecule has 2 fully saturated rings. The van der Waals surface area contributed by atoms with Gasteiger partial charge in [0.25, 0.3) is 11.7 Å². The third kappa shape index (κ3) is 4.71. The van der Waals surface area contributed by atoms with Gasteiger partial charge in [0.05, 0.1) is 31.9 Å². The van der Waals surface area contributed by atoms with Crippen LogP contribution in [-0.4, -0.2) is 84.1 Å². The Morgan fingerprint density at radius 2 is 1.94 bits per heavy atom. The number of nitrogens with zero attached hydrogens (tertiary/aromatic N) is 2. The Hall–Kier alpha value is -3.14. The lowest BCUT2D eigenvalue weighted by atomic mass is 9.94. The molecular weight excluding hydrogens is 474 g/mol. The fraction of sp³-hybridized carbons (Fsp3) is 0.400. The number of rotatable bonds is 6. The smallest absolute Gasteiger partial charge is 0.354 e. The van der Waals surface area contributed by atoms with Gasteiger partial charge < -0.3 is 24.5 Å². The van der Waals surface area contributed by atoms with Crippen molar-refractivity contribution in [1.82, 2.24) is 14.8 Å². The number of hydrogen-bond donors (Lipinski definition) is 2. The first-order chi connectivity index (χ1) is 16.7. The number of halogens is 1. The molecule has 2 aliphatic heterocycles. The Labute approximate surface area is 208 Å². The van der Waals surface area contributed by atoms with E-state index < -0.39 is 23.7 Å². The van der Waals surface area contributed by atoms with E-state index in [1.807, 2.05) is 0 Å². The van der Waals surface area contributed by atoms with E-state index in [1.54, 1.807) is 38.1 Å². The van der Waals surface area contributed by atoms with Crippen LogP contribution in [0.4, 0.5) is 0 Å². The first kappa shape index (κ1) is 25.0. The van der Waals surface area contributed by atoms with E-state index in [-0.39, 0.29) is 23.6 Å². The van der Waals surface area contributed by atoms with Crippen molar-refractivity contribution < 1.29 is 29.0 Å². The Bertz CT molecular complexity index is 1200. The lowest BCUT2D eigenvalue weighted by molar-refractivity contribution is -0.140. The molecule has 35 heavy (non-hydrogen) atoms. The van der Waals surface area contributed by atoms with Crippen molar-refractivity contribution in [2.75, 3.05) is 46.5 Å². The number of amides is 1. The Kier molecular flexibility index (Phi) is 7.30. The SMILES string of the molecule is COC(=O)c1[nH]c(C)c(/C(O)=C2\C(=O)C(=O)N(CCN3CCOCC3)[C@H]2c2cccc(Cl)c2)c1C. The van der Waals surface area contributed by atoms with Crippen LogP contribution in [0, 0.1) is 13.8 Å². The van der Waals surface area contributed by atoms with Gasteiger partial charge in [-0.15, -0.1) is 0 Å². The predicted molar refractivity (Wildman–Crippen MR) is 129 cm³/mol. The number of carbonyl (C=O) groups is 3. The standard InChI is InChI=1S/C25H28ClN3O6/c1-14-18(15(2)27-20(14)25(33)34-3)22(30)19-21(16-5-4-6-17(26)13-16)29(24(32)23(19)31)8-7-28-9-11-35-12-10-28/h4-6,13,21,27,30H,7-12H2,1-3H3/b22-19+/t21-/m0/s1. The van der Waals surface area contributed by atoms with Gasteiger partial charge in [-0.25, -0.2) is 4.79 Å². The molecule has 186 valence electrons. The van der Waals surface area contributed by atoms with Gasteiger partial charge in [-0.1, -0.05) is 23.7 Å². The highest BCUT2D eigenvalue weighted by Crippen LogP contribution is 2.41. The van der Waals surface area contributed by atoms with Gasteiger partial charge in [0.15, 0.2) is 0 Å². The first-order valence-electron chi connectivity index (χ1n) is 11.4. The van der Waals surface area contributed by atoms with E-state index in [0.29, 0.717) is 47.2 Å². The summed E-state index contributed by atoms with van der Waals surface area (Å²) in [7, 11) is 1.26. The Balaban J connectivity index is 1.80. The minimum absolute atomic E-state index is 0.0409. The van der Waals surface area contributed by atoms with Crippen molar-refractivity contribution in [2.45, 2.75) is 19.9 Å². The number of Topliss-reactive ketones (excluding diaryl/α,β-unsaturated/α-hetero) is 1. The van der Waals surface area contributed by atoms with Crippen LogP contribution in [0.1, 0.15) is 38.9 Å². The zero-order chi connectivity index (χ0) is 25.3. The summed E-state index contributed by atoms with van der Waals surface area (Å²) in [5.74, 6) is -2.41. The number of esters is 1. The molecule has 0 radical (unpaired) electrons. The van der Waals surface area contributed by atoms with Crippen molar-refractivity contribution in [1.29, 1.82) is 0 Å². The van der Waals surface area contributed by atoms with Crippen molar-refractivity contribution in [3.05, 3.63) is 62.9 Å². The van der Waals surface area contributed by atoms with Crippen LogP contribution >= 0.6 is 11.6 Å². The molecule has 4 rings (SSSR count). The summed E-state index contributed by atoms with van der Waals surface area (Å²) in [4.78, 5) is 45.2. The summed E-state index contributed by atoms with van der Waals surface area (Å²) in [6, 6.07) is 6.07. The summed E-state index contributed by atoms with van der Waals surface area (Å²) in [6.45, 7) is 6.88. The second-order valence-electron chi connectivity index (χ2n) is 8.62. The van der Waals surface area contributed by atoms with E-state index in [0.717, 1.165) is 13.1 Å². The van der Waals surface area contributed by atoms with Crippen molar-refractivity contribution >= 4 is 35.0 Å². The first-order valence-corrected chi connectivity index (χ1v) is 11.7. The molecule has 9 nitrogen and oxygen atoms in total. The van der Waals surface area contributed by atoms with E-state index in [1.165, 1.54) is 12.0 Å². The van der Waals surface area contributed by atoms with E-state index >= 15 is 0 Å². The number of methoxy groups -OCH3 is 1. The number of aromatic amines is 1. The van der Waals surface area contributed by atoms with E-state index in [9.17, 15) is 19.5 Å². The molecule has 0 unspecified atom stereocenters. The molecule has 0 spiro atoms. The molecule has 1 aromatic carbocycles. The van der Waals surface area contributed by atoms with Crippen LogP contribution in [0.5, 0.6) is 0 Å². The zero-order valence-corrected chi connectivity index (χ0v) is 20.6. The van der Waals surface area contributed by atoms with Gasteiger partial charge in [0, 0.05) is 42.5 Å². The highest BCUT2D eigenvalue weighted by molar-refractivity contribution is 6.46. The third-order valence-corrected chi connectivity index (χ3v) is 6.76. The number of H-pyrrole nitrogens is 1. The van der Waals surface area contributed by atoms with Crippen molar-refractivity contribution in [3.8, 4) is 0 Å². The molecule has 1 amide bonds. The van der Waals surface area contributed by atoms with E-state index in [2.05, 4.69) is 9.88 Å². The summed E-state index contributed by atoms with van der Waals surface area (Å²) in [5, 5.41) is 11.9. The molecule has 1 aromatic heterocycles. The number of aromatic nitrogens is 1. The molecule has 3 heterocycles. The molecule has 0 bridgehead atoms. The maximum absolute atomic E-state index is 13.3. The molecule has 10 heteroatoms. The number of aliphatic hydroxyl groups excluding tert-OH is 1. The Morgan fingerprint density at radius 1 is 1.23 bits per heavy atom. The maximum Gasteiger partial charge on any atom is 0.354 e. The maximum atomic E-state index is 13.3. The monoisotopic (exact) mass is 501 g/mol. The zero-order valence-electron chi connectivity index (χ0n) is 19.9. The number of nitrogens with one attached hydrogen (secondary N) is 1. The number of ketones is 1. The number of hydrogen-bond acceptors (Lipinski definition) is 7. The lowest BCUT2D eigenvalue weighted by Gasteiger charge is -2.31. The number of aryl methyl sites for hydroxylation is 1. The molecular formula is C25H28ClN3O6. The summed E-state index contributed by atoms with van der Waals surface area (Å²) in [5.41, 5.74) is 1.94. The topological polar surface area (TPSA) is 112 Å². The van der Waals surface area contributed by atoms with Gasteiger partial charge in [0.2, 0.25) is 0 Å². The quantitative estimate of drug-likeness (QED) is 0.271. The number of morpholine rings is 1. The Morgan fingerprint density at radius 3 is 2.60 bits per heavy atom. The van der Waals surface area contributed by atoms with Crippen LogP contribution in [0.25, 0.3) is 5.76 Å². The van der Waals surface area contributed by atoms with Gasteiger partial charge in [-0.3, -0.25) is 14.5 Å². The highest BCUT2D eigenvalue weighted by atomic mass is 35.5. The molecule has 2 aromatic rings. The molecule has 0 aliphatic carbocycles. The number of aliphatic hydroxyl groups is 1. The van der Waals surface area contributed by atoms with Crippen molar-refractivity contribution in [3.63, 3.8) is 0 Å². The third-order valence-electron chi connectivity index (χ3n) is 6.53. The van der Waals surface area contributed by atoms with Gasteiger partial charge >= 0.3 is 5.97 Å². The van der Waals surface area contributed by atoms with Crippen LogP contribution in [0.15, 0.2) is 29.8 Å². The molecule has 2 saturated heterocycles. The van der Waals surface area contributed by atoms with Crippen LogP contribution in [-0.2, 0) is 19.1 Å². The van der Waals surface area contributed by atoms with Gasteiger partial charge in [-0.05, 0) is 37.1 Å². The summed E-state index contributed by atoms with van der Waals surface area (Å²) in [6.07, 6.45) is 0. The summed E-state index contributed by atoms with van der Waals surface area (Å²) < 4.78 is 10.2. The number of carbonyl (C=O) groups excluding carboxylic acids is 3. The molecule has 0 saturated carbocycles. The normalized spacial score (nSPS) is 20.5. The van der Waals surface area contributed by atoms with Crippen LogP contribution < -0.4 is 0 Å². The fourth-order valence-corrected chi connectivity index (χ4v) is 4.95. The van der Waals surface area contributed by atoms with E-state index in [4.69, 9.17) is 21.1 Å². The fourth-order valence-electron chi connectivity index (χ4n) is 4.75. The minimum atomic E-state index is -0.829. The molecule has 2 N–H and O–H groups in total. The average molecular weight is 502 g/mol. The highest BCUT2D eigenvalue weighted by Gasteiger charge is 2.46. The second-order valence-corrected chi connectivity index (χ2v) is 9.05. The van der Waals surface area contributed by atoms with Gasteiger partial charge in [-0.2, -0.15) is 0 Å². The van der Waals surface area contributed by atoms with Gasteiger partial charge in [0.1, 0.15) is 11.5 Å². The molecule has 2 aliphatic rings. The van der Waals surface area contributed by atoms with Crippen molar-refractivity contribution in [2.24, 2.45) is 0 Å².